The zero-order valence-corrected chi connectivity index (χ0v) is 16.6. The second kappa shape index (κ2) is 10.5. The summed E-state index contributed by atoms with van der Waals surface area (Å²) in [6, 6.07) is 17.1. The van der Waals surface area contributed by atoms with Crippen LogP contribution in [0.2, 0.25) is 0 Å². The fourth-order valence-electron chi connectivity index (χ4n) is 3.11. The average Bonchev–Trinajstić information content (AvgIpc) is 2.63. The van der Waals surface area contributed by atoms with Crippen LogP contribution in [0.4, 0.5) is 0 Å². The molecule has 0 aromatic heterocycles. The first kappa shape index (κ1) is 20.6. The molecule has 0 aliphatic rings. The highest BCUT2D eigenvalue weighted by Crippen LogP contribution is 2.16. The third kappa shape index (κ3) is 6.56. The van der Waals surface area contributed by atoms with Gasteiger partial charge in [0, 0.05) is 19.1 Å². The monoisotopic (exact) mass is 355 g/mol. The normalized spacial score (nSPS) is 13.8. The van der Waals surface area contributed by atoms with Crippen LogP contribution in [0, 0.1) is 13.8 Å². The van der Waals surface area contributed by atoms with Crippen molar-refractivity contribution >= 4 is 0 Å². The first-order chi connectivity index (χ1) is 12.5. The van der Waals surface area contributed by atoms with Gasteiger partial charge in [-0.1, -0.05) is 61.0 Å². The van der Waals surface area contributed by atoms with E-state index >= 15 is 0 Å². The lowest BCUT2D eigenvalue weighted by atomic mass is 10.0. The van der Waals surface area contributed by atoms with E-state index in [0.717, 1.165) is 18.5 Å². The third-order valence-corrected chi connectivity index (χ3v) is 4.95. The molecule has 0 heterocycles. The molecule has 0 saturated carbocycles. The summed E-state index contributed by atoms with van der Waals surface area (Å²) in [5, 5.41) is 10.5. The van der Waals surface area contributed by atoms with Crippen LogP contribution in [0.5, 0.6) is 0 Å². The number of hydrogen-bond donors (Lipinski definition) is 1. The molecule has 2 rings (SSSR count). The number of aliphatic hydroxyl groups is 1. The maximum atomic E-state index is 10.5. The van der Waals surface area contributed by atoms with Gasteiger partial charge in [-0.3, -0.25) is 4.90 Å². The Balaban J connectivity index is 1.89. The maximum absolute atomic E-state index is 10.5. The smallest absolute Gasteiger partial charge is 0.0900 e. The van der Waals surface area contributed by atoms with Crippen LogP contribution in [0.15, 0.2) is 48.5 Å². The number of benzene rings is 2. The van der Waals surface area contributed by atoms with Crippen LogP contribution < -0.4 is 0 Å². The van der Waals surface area contributed by atoms with Gasteiger partial charge in [0.15, 0.2) is 0 Å². The van der Waals surface area contributed by atoms with Gasteiger partial charge < -0.3 is 9.84 Å². The van der Waals surface area contributed by atoms with Crippen LogP contribution in [-0.2, 0) is 17.9 Å². The number of nitrogens with zero attached hydrogens (tertiary/aromatic N) is 1. The van der Waals surface area contributed by atoms with Gasteiger partial charge in [-0.15, -0.1) is 0 Å². The van der Waals surface area contributed by atoms with Crippen molar-refractivity contribution in [2.45, 2.75) is 59.4 Å². The van der Waals surface area contributed by atoms with Crippen molar-refractivity contribution in [1.29, 1.82) is 0 Å². The lowest BCUT2D eigenvalue weighted by Crippen LogP contribution is -2.40. The van der Waals surface area contributed by atoms with Gasteiger partial charge in [0.05, 0.1) is 19.3 Å². The average molecular weight is 356 g/mol. The van der Waals surface area contributed by atoms with E-state index in [1.165, 1.54) is 16.7 Å². The molecule has 0 saturated heterocycles. The minimum atomic E-state index is -0.488. The van der Waals surface area contributed by atoms with E-state index < -0.39 is 6.10 Å². The summed E-state index contributed by atoms with van der Waals surface area (Å²) >= 11 is 0. The molecule has 26 heavy (non-hydrogen) atoms. The van der Waals surface area contributed by atoms with E-state index in [1.807, 2.05) is 30.3 Å². The molecule has 0 aliphatic carbocycles. The van der Waals surface area contributed by atoms with Gasteiger partial charge in [0.1, 0.15) is 0 Å². The van der Waals surface area contributed by atoms with E-state index in [1.54, 1.807) is 0 Å². The van der Waals surface area contributed by atoms with E-state index in [2.05, 4.69) is 50.8 Å². The first-order valence-electron chi connectivity index (χ1n) is 9.59. The van der Waals surface area contributed by atoms with Gasteiger partial charge in [-0.25, -0.2) is 0 Å². The van der Waals surface area contributed by atoms with Crippen molar-refractivity contribution in [3.05, 3.63) is 70.8 Å². The van der Waals surface area contributed by atoms with Crippen LogP contribution in [0.25, 0.3) is 0 Å². The summed E-state index contributed by atoms with van der Waals surface area (Å²) in [6.45, 7) is 11.1. The summed E-state index contributed by atoms with van der Waals surface area (Å²) in [6.07, 6.45) is 0.571. The van der Waals surface area contributed by atoms with Gasteiger partial charge in [-0.2, -0.15) is 0 Å². The number of aryl methyl sites for hydroxylation is 2. The molecule has 0 bridgehead atoms. The van der Waals surface area contributed by atoms with Crippen LogP contribution >= 0.6 is 0 Å². The Kier molecular flexibility index (Phi) is 8.30. The molecule has 0 radical (unpaired) electrons. The van der Waals surface area contributed by atoms with Crippen molar-refractivity contribution in [3.63, 3.8) is 0 Å². The largest absolute Gasteiger partial charge is 0.389 e. The molecule has 142 valence electrons. The van der Waals surface area contributed by atoms with E-state index in [0.29, 0.717) is 25.8 Å². The summed E-state index contributed by atoms with van der Waals surface area (Å²) in [4.78, 5) is 2.36. The van der Waals surface area contributed by atoms with Gasteiger partial charge >= 0.3 is 0 Å². The molecule has 2 aromatic rings. The zero-order chi connectivity index (χ0) is 18.9. The predicted molar refractivity (Wildman–Crippen MR) is 108 cm³/mol. The Hall–Kier alpha value is -1.68. The topological polar surface area (TPSA) is 32.7 Å². The Morgan fingerprint density at radius 2 is 1.81 bits per heavy atom. The van der Waals surface area contributed by atoms with E-state index in [4.69, 9.17) is 4.74 Å². The van der Waals surface area contributed by atoms with E-state index in [-0.39, 0.29) is 0 Å². The molecule has 3 nitrogen and oxygen atoms in total. The van der Waals surface area contributed by atoms with Gasteiger partial charge in [0.25, 0.3) is 0 Å². The summed E-state index contributed by atoms with van der Waals surface area (Å²) in [7, 11) is 0. The Labute approximate surface area is 158 Å². The minimum absolute atomic E-state index is 0.356. The fourth-order valence-corrected chi connectivity index (χ4v) is 3.11. The molecule has 0 spiro atoms. The Morgan fingerprint density at radius 1 is 1.08 bits per heavy atom. The van der Waals surface area contributed by atoms with Gasteiger partial charge in [0.2, 0.25) is 0 Å². The van der Waals surface area contributed by atoms with E-state index in [9.17, 15) is 5.11 Å². The highest BCUT2D eigenvalue weighted by atomic mass is 16.5. The van der Waals surface area contributed by atoms with Crippen molar-refractivity contribution < 1.29 is 9.84 Å². The number of rotatable bonds is 10. The Morgan fingerprint density at radius 3 is 2.46 bits per heavy atom. The zero-order valence-electron chi connectivity index (χ0n) is 16.6. The summed E-state index contributed by atoms with van der Waals surface area (Å²) in [5.41, 5.74) is 5.06. The number of hydrogen-bond acceptors (Lipinski definition) is 3. The predicted octanol–water partition coefficient (Wildman–Crippen LogP) is 4.48. The third-order valence-electron chi connectivity index (χ3n) is 4.95. The molecule has 3 heteroatoms. The van der Waals surface area contributed by atoms with Crippen LogP contribution in [0.3, 0.4) is 0 Å². The second-order valence-electron chi connectivity index (χ2n) is 7.27. The number of aliphatic hydroxyl groups excluding tert-OH is 1. The fraction of sp³-hybridized carbons (Fsp3) is 0.478. The highest BCUT2D eigenvalue weighted by Gasteiger charge is 2.18. The SMILES string of the molecule is CC[C@@H](C)N(Cc1ccc(C)cc1C)C[C@H](O)COCc1ccccc1. The molecule has 2 aromatic carbocycles. The molecular weight excluding hydrogens is 322 g/mol. The standard InChI is InChI=1S/C23H33NO2/c1-5-20(4)24(14-22-12-11-18(2)13-19(22)3)15-23(25)17-26-16-21-9-7-6-8-10-21/h6-13,20,23,25H,5,14-17H2,1-4H3/t20-,23+/m1/s1. The van der Waals surface area contributed by atoms with Crippen molar-refractivity contribution in [3.8, 4) is 0 Å². The minimum Gasteiger partial charge on any atom is -0.389 e. The van der Waals surface area contributed by atoms with Crippen LogP contribution in [-0.4, -0.2) is 35.3 Å². The molecular formula is C23H33NO2. The van der Waals surface area contributed by atoms with Gasteiger partial charge in [-0.05, 0) is 43.9 Å². The molecule has 2 atom stereocenters. The lowest BCUT2D eigenvalue weighted by Gasteiger charge is -2.31. The lowest BCUT2D eigenvalue weighted by molar-refractivity contribution is 0.00141. The Bertz CT molecular complexity index is 657. The molecule has 0 unspecified atom stereocenters. The molecule has 0 aliphatic heterocycles. The highest BCUT2D eigenvalue weighted by molar-refractivity contribution is 5.30. The van der Waals surface area contributed by atoms with Crippen molar-refractivity contribution in [2.75, 3.05) is 13.2 Å². The second-order valence-corrected chi connectivity index (χ2v) is 7.27. The van der Waals surface area contributed by atoms with Crippen molar-refractivity contribution in [1.82, 2.24) is 4.90 Å². The first-order valence-corrected chi connectivity index (χ1v) is 9.59. The van der Waals surface area contributed by atoms with Crippen molar-refractivity contribution in [2.24, 2.45) is 0 Å². The summed E-state index contributed by atoms with van der Waals surface area (Å²) < 4.78 is 5.71. The molecule has 1 N–H and O–H groups in total. The van der Waals surface area contributed by atoms with Crippen LogP contribution in [0.1, 0.15) is 42.5 Å². The molecule has 0 amide bonds. The quantitative estimate of drug-likeness (QED) is 0.682. The maximum Gasteiger partial charge on any atom is 0.0900 e. The molecule has 0 fully saturated rings. The number of ether oxygens (including phenoxy) is 1. The summed E-state index contributed by atoms with van der Waals surface area (Å²) in [5.74, 6) is 0.